The molecular formula is C23H21ClN4O2S. The van der Waals surface area contributed by atoms with Gasteiger partial charge < -0.3 is 9.84 Å². The minimum absolute atomic E-state index is 0.149. The molecule has 0 unspecified atom stereocenters. The lowest BCUT2D eigenvalue weighted by atomic mass is 10.1. The van der Waals surface area contributed by atoms with Gasteiger partial charge in [-0.1, -0.05) is 60.9 Å². The second-order valence-corrected chi connectivity index (χ2v) is 8.72. The van der Waals surface area contributed by atoms with E-state index in [2.05, 4.69) is 20.4 Å². The van der Waals surface area contributed by atoms with Gasteiger partial charge in [0, 0.05) is 16.9 Å². The molecule has 0 atom stereocenters. The molecule has 2 aromatic heterocycles. The Morgan fingerprint density at radius 2 is 1.90 bits per heavy atom. The SMILES string of the molecule is Cc1cccc(-c2nc(C(C)C)no2)c1NC(=O)Cc1csc(-c2ccccc2Cl)n1. The molecule has 0 aliphatic heterocycles. The van der Waals surface area contributed by atoms with E-state index in [0.29, 0.717) is 33.7 Å². The van der Waals surface area contributed by atoms with E-state index < -0.39 is 0 Å². The molecule has 4 aromatic rings. The zero-order chi connectivity index (χ0) is 22.0. The monoisotopic (exact) mass is 452 g/mol. The molecule has 1 N–H and O–H groups in total. The van der Waals surface area contributed by atoms with E-state index in [1.807, 2.05) is 68.6 Å². The molecule has 4 rings (SSSR count). The van der Waals surface area contributed by atoms with E-state index in [4.69, 9.17) is 16.1 Å². The number of hydrogen-bond acceptors (Lipinski definition) is 6. The number of anilines is 1. The summed E-state index contributed by atoms with van der Waals surface area (Å²) in [5, 5.41) is 10.3. The standard InChI is InChI=1S/C23H21ClN4O2S/c1-13(2)21-27-22(30-28-21)17-9-6-7-14(3)20(17)26-19(29)11-15-12-31-23(25-15)16-8-4-5-10-18(16)24/h4-10,12-13H,11H2,1-3H3,(H,26,29). The van der Waals surface area contributed by atoms with E-state index in [9.17, 15) is 4.79 Å². The average Bonchev–Trinajstić information content (AvgIpc) is 3.40. The third-order valence-corrected chi connectivity index (χ3v) is 5.98. The van der Waals surface area contributed by atoms with Gasteiger partial charge in [0.05, 0.1) is 28.4 Å². The van der Waals surface area contributed by atoms with Crippen molar-refractivity contribution in [3.8, 4) is 22.0 Å². The van der Waals surface area contributed by atoms with Crippen molar-refractivity contribution in [2.75, 3.05) is 5.32 Å². The number of para-hydroxylation sites is 1. The summed E-state index contributed by atoms with van der Waals surface area (Å²) in [6.07, 6.45) is 0.149. The second kappa shape index (κ2) is 8.99. The smallest absolute Gasteiger partial charge is 0.260 e. The van der Waals surface area contributed by atoms with Crippen LogP contribution in [0.25, 0.3) is 22.0 Å². The van der Waals surface area contributed by atoms with Crippen LogP contribution >= 0.6 is 22.9 Å². The molecule has 0 aliphatic carbocycles. The van der Waals surface area contributed by atoms with Gasteiger partial charge in [-0.2, -0.15) is 4.98 Å². The number of aryl methyl sites for hydroxylation is 1. The minimum atomic E-state index is -0.171. The first-order valence-corrected chi connectivity index (χ1v) is 11.1. The van der Waals surface area contributed by atoms with Crippen LogP contribution < -0.4 is 5.32 Å². The van der Waals surface area contributed by atoms with Crippen molar-refractivity contribution in [2.45, 2.75) is 33.1 Å². The molecule has 8 heteroatoms. The van der Waals surface area contributed by atoms with Crippen molar-refractivity contribution in [1.82, 2.24) is 15.1 Å². The fraction of sp³-hybridized carbons (Fsp3) is 0.217. The normalized spacial score (nSPS) is 11.1. The molecule has 6 nitrogen and oxygen atoms in total. The number of rotatable bonds is 6. The first-order chi connectivity index (χ1) is 14.9. The number of benzene rings is 2. The lowest BCUT2D eigenvalue weighted by Crippen LogP contribution is -2.16. The molecule has 1 amide bonds. The predicted octanol–water partition coefficient (Wildman–Crippen LogP) is 6.13. The quantitative estimate of drug-likeness (QED) is 0.380. The van der Waals surface area contributed by atoms with E-state index >= 15 is 0 Å². The van der Waals surface area contributed by atoms with Crippen LogP contribution in [0.4, 0.5) is 5.69 Å². The predicted molar refractivity (Wildman–Crippen MR) is 123 cm³/mol. The molecule has 0 radical (unpaired) electrons. The Morgan fingerprint density at radius 1 is 1.13 bits per heavy atom. The summed E-state index contributed by atoms with van der Waals surface area (Å²) in [5.41, 5.74) is 3.81. The fourth-order valence-electron chi connectivity index (χ4n) is 3.09. The molecular weight excluding hydrogens is 432 g/mol. The topological polar surface area (TPSA) is 80.9 Å². The maximum Gasteiger partial charge on any atom is 0.260 e. The molecule has 2 heterocycles. The second-order valence-electron chi connectivity index (χ2n) is 7.46. The summed E-state index contributed by atoms with van der Waals surface area (Å²) < 4.78 is 5.44. The van der Waals surface area contributed by atoms with Gasteiger partial charge >= 0.3 is 0 Å². The van der Waals surface area contributed by atoms with Crippen LogP contribution in [0.2, 0.25) is 5.02 Å². The number of halogens is 1. The van der Waals surface area contributed by atoms with Gasteiger partial charge in [0.15, 0.2) is 5.82 Å². The average molecular weight is 453 g/mol. The highest BCUT2D eigenvalue weighted by Gasteiger charge is 2.18. The van der Waals surface area contributed by atoms with Crippen molar-refractivity contribution < 1.29 is 9.32 Å². The third-order valence-electron chi connectivity index (χ3n) is 4.72. The van der Waals surface area contributed by atoms with Crippen molar-refractivity contribution >= 4 is 34.5 Å². The summed E-state index contributed by atoms with van der Waals surface area (Å²) >= 11 is 7.73. The molecule has 0 saturated carbocycles. The van der Waals surface area contributed by atoms with Crippen molar-refractivity contribution in [3.05, 3.63) is 69.9 Å². The number of amides is 1. The van der Waals surface area contributed by atoms with Crippen LogP contribution in [0, 0.1) is 6.92 Å². The largest absolute Gasteiger partial charge is 0.334 e. The third kappa shape index (κ3) is 4.68. The van der Waals surface area contributed by atoms with Crippen molar-refractivity contribution in [1.29, 1.82) is 0 Å². The van der Waals surface area contributed by atoms with Gasteiger partial charge in [-0.25, -0.2) is 4.98 Å². The van der Waals surface area contributed by atoms with Crippen LogP contribution in [0.1, 0.15) is 36.8 Å². The van der Waals surface area contributed by atoms with E-state index in [1.54, 1.807) is 0 Å². The van der Waals surface area contributed by atoms with Crippen molar-refractivity contribution in [3.63, 3.8) is 0 Å². The Labute approximate surface area is 189 Å². The molecule has 0 saturated heterocycles. The Balaban J connectivity index is 1.54. The summed E-state index contributed by atoms with van der Waals surface area (Å²) in [4.78, 5) is 21.9. The maximum atomic E-state index is 12.8. The Morgan fingerprint density at radius 3 is 2.65 bits per heavy atom. The molecule has 158 valence electrons. The van der Waals surface area contributed by atoms with Crippen LogP contribution in [0.3, 0.4) is 0 Å². The highest BCUT2D eigenvalue weighted by atomic mass is 35.5. The molecule has 0 bridgehead atoms. The number of carbonyl (C=O) groups is 1. The molecule has 2 aromatic carbocycles. The lowest BCUT2D eigenvalue weighted by Gasteiger charge is -2.11. The lowest BCUT2D eigenvalue weighted by molar-refractivity contribution is -0.115. The summed E-state index contributed by atoms with van der Waals surface area (Å²) in [6, 6.07) is 13.2. The van der Waals surface area contributed by atoms with Gasteiger partial charge in [0.25, 0.3) is 5.89 Å². The highest BCUT2D eigenvalue weighted by Crippen LogP contribution is 2.32. The van der Waals surface area contributed by atoms with E-state index in [1.165, 1.54) is 11.3 Å². The number of carbonyl (C=O) groups excluding carboxylic acids is 1. The van der Waals surface area contributed by atoms with Gasteiger partial charge in [-0.3, -0.25) is 4.79 Å². The number of aromatic nitrogens is 3. The summed E-state index contributed by atoms with van der Waals surface area (Å²) in [5.74, 6) is 0.994. The number of nitrogens with one attached hydrogen (secondary N) is 1. The van der Waals surface area contributed by atoms with Crippen LogP contribution in [0.5, 0.6) is 0 Å². The van der Waals surface area contributed by atoms with E-state index in [0.717, 1.165) is 16.1 Å². The zero-order valence-corrected chi connectivity index (χ0v) is 18.9. The Kier molecular flexibility index (Phi) is 6.15. The molecule has 0 spiro atoms. The molecule has 0 fully saturated rings. The summed E-state index contributed by atoms with van der Waals surface area (Å²) in [7, 11) is 0. The first kappa shape index (κ1) is 21.2. The first-order valence-electron chi connectivity index (χ1n) is 9.85. The minimum Gasteiger partial charge on any atom is -0.334 e. The maximum absolute atomic E-state index is 12.8. The highest BCUT2D eigenvalue weighted by molar-refractivity contribution is 7.13. The van der Waals surface area contributed by atoms with Crippen molar-refractivity contribution in [2.24, 2.45) is 0 Å². The van der Waals surface area contributed by atoms with Crippen LogP contribution in [-0.2, 0) is 11.2 Å². The Hall–Kier alpha value is -3.03. The zero-order valence-electron chi connectivity index (χ0n) is 17.3. The molecule has 31 heavy (non-hydrogen) atoms. The van der Waals surface area contributed by atoms with Gasteiger partial charge in [-0.05, 0) is 24.6 Å². The number of thiazole rings is 1. The molecule has 0 aliphatic rings. The fourth-order valence-corrected chi connectivity index (χ4v) is 4.23. The summed E-state index contributed by atoms with van der Waals surface area (Å²) in [6.45, 7) is 5.92. The van der Waals surface area contributed by atoms with Gasteiger partial charge in [-0.15, -0.1) is 11.3 Å². The Bertz CT molecular complexity index is 1230. The van der Waals surface area contributed by atoms with E-state index in [-0.39, 0.29) is 18.2 Å². The van der Waals surface area contributed by atoms with Crippen LogP contribution in [0.15, 0.2) is 52.4 Å². The van der Waals surface area contributed by atoms with Gasteiger partial charge in [0.2, 0.25) is 5.91 Å². The van der Waals surface area contributed by atoms with Crippen LogP contribution in [-0.4, -0.2) is 21.0 Å². The number of nitrogens with zero attached hydrogens (tertiary/aromatic N) is 3. The number of hydrogen-bond donors (Lipinski definition) is 1. The van der Waals surface area contributed by atoms with Gasteiger partial charge in [0.1, 0.15) is 5.01 Å².